The van der Waals surface area contributed by atoms with E-state index in [0.29, 0.717) is 5.54 Å². The molecule has 2 saturated heterocycles. The standard InChI is InChI=1S/C13H24N2O2/c1-12(2,3)17-11(16)15-9-6-13(7-10-15)5-8-14(13)4/h5-10H2,1-4H3. The third-order valence-electron chi connectivity index (χ3n) is 4.07. The van der Waals surface area contributed by atoms with Crippen LogP contribution in [0.5, 0.6) is 0 Å². The van der Waals surface area contributed by atoms with Gasteiger partial charge in [-0.2, -0.15) is 0 Å². The predicted octanol–water partition coefficient (Wildman–Crippen LogP) is 2.09. The number of carbonyl (C=O) groups is 1. The van der Waals surface area contributed by atoms with E-state index >= 15 is 0 Å². The van der Waals surface area contributed by atoms with Gasteiger partial charge < -0.3 is 14.5 Å². The van der Waals surface area contributed by atoms with Gasteiger partial charge >= 0.3 is 6.09 Å². The van der Waals surface area contributed by atoms with Crippen molar-refractivity contribution in [1.82, 2.24) is 9.80 Å². The third kappa shape index (κ3) is 2.57. The van der Waals surface area contributed by atoms with Gasteiger partial charge in [-0.15, -0.1) is 0 Å². The second-order valence-electron chi connectivity index (χ2n) is 6.36. The first-order valence-corrected chi connectivity index (χ1v) is 6.52. The van der Waals surface area contributed by atoms with Gasteiger partial charge in [0.25, 0.3) is 0 Å². The lowest BCUT2D eigenvalue weighted by Gasteiger charge is -2.55. The molecular weight excluding hydrogens is 216 g/mol. The van der Waals surface area contributed by atoms with Crippen LogP contribution in [0.25, 0.3) is 0 Å². The van der Waals surface area contributed by atoms with Gasteiger partial charge in [0.05, 0.1) is 0 Å². The molecule has 1 spiro atoms. The third-order valence-corrected chi connectivity index (χ3v) is 4.07. The van der Waals surface area contributed by atoms with E-state index in [1.807, 2.05) is 25.7 Å². The molecule has 0 aromatic heterocycles. The average Bonchev–Trinajstić information content (AvgIpc) is 2.25. The Kier molecular flexibility index (Phi) is 3.10. The summed E-state index contributed by atoms with van der Waals surface area (Å²) >= 11 is 0. The fourth-order valence-corrected chi connectivity index (χ4v) is 2.72. The fourth-order valence-electron chi connectivity index (χ4n) is 2.72. The lowest BCUT2D eigenvalue weighted by Crippen LogP contribution is -2.62. The molecule has 4 nitrogen and oxygen atoms in total. The Morgan fingerprint density at radius 2 is 1.65 bits per heavy atom. The van der Waals surface area contributed by atoms with E-state index < -0.39 is 0 Å². The van der Waals surface area contributed by atoms with Gasteiger partial charge in [0, 0.05) is 25.2 Å². The van der Waals surface area contributed by atoms with Gasteiger partial charge in [-0.25, -0.2) is 4.79 Å². The molecule has 17 heavy (non-hydrogen) atoms. The van der Waals surface area contributed by atoms with Crippen LogP contribution < -0.4 is 0 Å². The molecule has 2 aliphatic heterocycles. The Bertz CT molecular complexity index is 301. The minimum Gasteiger partial charge on any atom is -0.444 e. The van der Waals surface area contributed by atoms with Gasteiger partial charge in [-0.05, 0) is 47.1 Å². The maximum Gasteiger partial charge on any atom is 0.410 e. The minimum atomic E-state index is -0.389. The number of likely N-dealkylation sites (tertiary alicyclic amines) is 2. The first-order valence-electron chi connectivity index (χ1n) is 6.52. The van der Waals surface area contributed by atoms with Gasteiger partial charge in [0.2, 0.25) is 0 Å². The lowest BCUT2D eigenvalue weighted by atomic mass is 9.77. The molecule has 0 N–H and O–H groups in total. The summed E-state index contributed by atoms with van der Waals surface area (Å²) in [6, 6.07) is 0. The minimum absolute atomic E-state index is 0.158. The number of carbonyl (C=O) groups excluding carboxylic acids is 1. The smallest absolute Gasteiger partial charge is 0.410 e. The molecule has 0 bridgehead atoms. The molecule has 0 aromatic rings. The van der Waals surface area contributed by atoms with E-state index in [1.165, 1.54) is 13.0 Å². The molecular formula is C13H24N2O2. The number of ether oxygens (including phenoxy) is 1. The van der Waals surface area contributed by atoms with Crippen molar-refractivity contribution in [2.45, 2.75) is 51.2 Å². The lowest BCUT2D eigenvalue weighted by molar-refractivity contribution is -0.0455. The highest BCUT2D eigenvalue weighted by Gasteiger charge is 2.45. The molecule has 4 heteroatoms. The highest BCUT2D eigenvalue weighted by atomic mass is 16.6. The van der Waals surface area contributed by atoms with Crippen molar-refractivity contribution in [3.63, 3.8) is 0 Å². The van der Waals surface area contributed by atoms with Crippen LogP contribution >= 0.6 is 0 Å². The van der Waals surface area contributed by atoms with E-state index in [-0.39, 0.29) is 11.7 Å². The van der Waals surface area contributed by atoms with Crippen LogP contribution in [0.15, 0.2) is 0 Å². The van der Waals surface area contributed by atoms with Crippen molar-refractivity contribution in [2.24, 2.45) is 0 Å². The van der Waals surface area contributed by atoms with Gasteiger partial charge in [0.1, 0.15) is 5.60 Å². The van der Waals surface area contributed by atoms with Crippen LogP contribution in [-0.2, 0) is 4.74 Å². The summed E-state index contributed by atoms with van der Waals surface area (Å²) in [5.74, 6) is 0. The quantitative estimate of drug-likeness (QED) is 0.650. The first-order chi connectivity index (χ1) is 7.82. The van der Waals surface area contributed by atoms with E-state index in [1.54, 1.807) is 0 Å². The van der Waals surface area contributed by atoms with Crippen LogP contribution in [-0.4, -0.2) is 53.7 Å². The monoisotopic (exact) mass is 240 g/mol. The van der Waals surface area contributed by atoms with E-state index in [2.05, 4.69) is 11.9 Å². The number of hydrogen-bond acceptors (Lipinski definition) is 3. The first kappa shape index (κ1) is 12.7. The van der Waals surface area contributed by atoms with Crippen LogP contribution in [0.2, 0.25) is 0 Å². The SMILES string of the molecule is CN1CCC12CCN(C(=O)OC(C)(C)C)CC2. The van der Waals surface area contributed by atoms with Gasteiger partial charge in [-0.1, -0.05) is 0 Å². The molecule has 2 heterocycles. The summed E-state index contributed by atoms with van der Waals surface area (Å²) in [5.41, 5.74) is -0.00199. The Morgan fingerprint density at radius 3 is 2.00 bits per heavy atom. The Hall–Kier alpha value is -0.770. The van der Waals surface area contributed by atoms with Crippen LogP contribution in [0, 0.1) is 0 Å². The molecule has 0 unspecified atom stereocenters. The van der Waals surface area contributed by atoms with Crippen molar-refractivity contribution in [3.8, 4) is 0 Å². The Balaban J connectivity index is 1.85. The normalized spacial score (nSPS) is 24.6. The van der Waals surface area contributed by atoms with Crippen molar-refractivity contribution >= 4 is 6.09 Å². The molecule has 2 rings (SSSR count). The Labute approximate surface area is 104 Å². The van der Waals surface area contributed by atoms with E-state index in [0.717, 1.165) is 25.9 Å². The number of amides is 1. The van der Waals surface area contributed by atoms with E-state index in [4.69, 9.17) is 4.74 Å². The zero-order valence-corrected chi connectivity index (χ0v) is 11.5. The largest absolute Gasteiger partial charge is 0.444 e. The molecule has 0 aromatic carbocycles. The maximum absolute atomic E-state index is 11.9. The summed E-state index contributed by atoms with van der Waals surface area (Å²) in [6.45, 7) is 8.60. The fraction of sp³-hybridized carbons (Fsp3) is 0.923. The molecule has 98 valence electrons. The summed E-state index contributed by atoms with van der Waals surface area (Å²) in [6.07, 6.45) is 3.30. The summed E-state index contributed by atoms with van der Waals surface area (Å²) in [7, 11) is 2.19. The second-order valence-corrected chi connectivity index (χ2v) is 6.36. The van der Waals surface area contributed by atoms with E-state index in [9.17, 15) is 4.79 Å². The Morgan fingerprint density at radius 1 is 1.12 bits per heavy atom. The highest BCUT2D eigenvalue weighted by molar-refractivity contribution is 5.68. The van der Waals surface area contributed by atoms with Crippen molar-refractivity contribution in [3.05, 3.63) is 0 Å². The zero-order valence-electron chi connectivity index (χ0n) is 11.5. The van der Waals surface area contributed by atoms with Crippen molar-refractivity contribution in [2.75, 3.05) is 26.7 Å². The summed E-state index contributed by atoms with van der Waals surface area (Å²) in [4.78, 5) is 16.2. The molecule has 2 aliphatic rings. The molecule has 0 radical (unpaired) electrons. The van der Waals surface area contributed by atoms with Crippen LogP contribution in [0.4, 0.5) is 4.79 Å². The van der Waals surface area contributed by atoms with Crippen LogP contribution in [0.1, 0.15) is 40.0 Å². The summed E-state index contributed by atoms with van der Waals surface area (Å²) in [5, 5.41) is 0. The molecule has 0 aliphatic carbocycles. The van der Waals surface area contributed by atoms with Gasteiger partial charge in [-0.3, -0.25) is 0 Å². The molecule has 0 saturated carbocycles. The molecule has 0 atom stereocenters. The number of piperidine rings is 1. The number of hydrogen-bond donors (Lipinski definition) is 0. The second kappa shape index (κ2) is 4.16. The molecule has 2 fully saturated rings. The topological polar surface area (TPSA) is 32.8 Å². The average molecular weight is 240 g/mol. The number of nitrogens with zero attached hydrogens (tertiary/aromatic N) is 2. The number of rotatable bonds is 0. The predicted molar refractivity (Wildman–Crippen MR) is 67.0 cm³/mol. The highest BCUT2D eigenvalue weighted by Crippen LogP contribution is 2.38. The zero-order chi connectivity index (χ0) is 12.7. The van der Waals surface area contributed by atoms with Crippen LogP contribution in [0.3, 0.4) is 0 Å². The summed E-state index contributed by atoms with van der Waals surface area (Å²) < 4.78 is 5.40. The van der Waals surface area contributed by atoms with Gasteiger partial charge in [0.15, 0.2) is 0 Å². The maximum atomic E-state index is 11.9. The van der Waals surface area contributed by atoms with Crippen molar-refractivity contribution < 1.29 is 9.53 Å². The molecule has 1 amide bonds. The van der Waals surface area contributed by atoms with Crippen molar-refractivity contribution in [1.29, 1.82) is 0 Å².